The molecule has 1 amide bonds. The fourth-order valence-electron chi connectivity index (χ4n) is 3.02. The summed E-state index contributed by atoms with van der Waals surface area (Å²) < 4.78 is 52.5. The molecule has 0 saturated carbocycles. The number of hydrogen-bond donors (Lipinski definition) is 1. The second kappa shape index (κ2) is 11.7. The summed E-state index contributed by atoms with van der Waals surface area (Å²) in [5, 5.41) is 11.5. The quantitative estimate of drug-likeness (QED) is 0.304. The van der Waals surface area contributed by atoms with E-state index in [9.17, 15) is 22.9 Å². The van der Waals surface area contributed by atoms with Gasteiger partial charge in [-0.05, 0) is 47.4 Å². The highest BCUT2D eigenvalue weighted by Gasteiger charge is 2.23. The van der Waals surface area contributed by atoms with Gasteiger partial charge in [0.15, 0.2) is 11.5 Å². The molecule has 0 atom stereocenters. The van der Waals surface area contributed by atoms with Crippen molar-refractivity contribution in [2.24, 2.45) is 5.92 Å². The monoisotopic (exact) mass is 530 g/mol. The molecule has 0 bridgehead atoms. The molecule has 12 heteroatoms. The van der Waals surface area contributed by atoms with Crippen LogP contribution in [0.1, 0.15) is 25.0 Å². The second-order valence-corrected chi connectivity index (χ2v) is 10.7. The predicted molar refractivity (Wildman–Crippen MR) is 133 cm³/mol. The molecule has 36 heavy (non-hydrogen) atoms. The number of methoxy groups -OCH3 is 1. The second-order valence-electron chi connectivity index (χ2n) is 8.01. The minimum atomic E-state index is -3.67. The molecule has 0 aliphatic rings. The van der Waals surface area contributed by atoms with Gasteiger partial charge in [0.05, 0.1) is 12.9 Å². The largest absolute Gasteiger partial charge is 0.493 e. The molecular weight excluding hydrogens is 507 g/mol. The summed E-state index contributed by atoms with van der Waals surface area (Å²) >= 11 is 0.712. The fourth-order valence-corrected chi connectivity index (χ4v) is 5.37. The van der Waals surface area contributed by atoms with E-state index in [1.165, 1.54) is 25.3 Å². The summed E-state index contributed by atoms with van der Waals surface area (Å²) in [5.74, 6) is -0.545. The Morgan fingerprint density at radius 2 is 1.94 bits per heavy atom. The van der Waals surface area contributed by atoms with Gasteiger partial charge in [-0.2, -0.15) is 14.6 Å². The Bertz CT molecular complexity index is 1410. The first-order chi connectivity index (χ1) is 17.1. The Hall–Kier alpha value is -3.82. The fraction of sp³-hybridized carbons (Fsp3) is 0.250. The van der Waals surface area contributed by atoms with Crippen LogP contribution in [0.5, 0.6) is 11.5 Å². The smallest absolute Gasteiger partial charge is 0.268 e. The van der Waals surface area contributed by atoms with Gasteiger partial charge >= 0.3 is 0 Å². The number of halogens is 1. The Morgan fingerprint density at radius 3 is 2.58 bits per heavy atom. The van der Waals surface area contributed by atoms with Gasteiger partial charge in [0.2, 0.25) is 15.0 Å². The van der Waals surface area contributed by atoms with Crippen LogP contribution >= 0.6 is 11.5 Å². The van der Waals surface area contributed by atoms with Gasteiger partial charge in [-0.1, -0.05) is 32.0 Å². The molecule has 2 aromatic carbocycles. The molecule has 1 N–H and O–H groups in total. The van der Waals surface area contributed by atoms with Gasteiger partial charge in [0.1, 0.15) is 24.1 Å². The molecular formula is C24H23FN4O5S2. The Kier molecular flexibility index (Phi) is 8.73. The minimum Gasteiger partial charge on any atom is -0.493 e. The molecule has 188 valence electrons. The van der Waals surface area contributed by atoms with Crippen LogP contribution in [0.15, 0.2) is 53.2 Å². The maximum absolute atomic E-state index is 13.1. The molecule has 3 rings (SSSR count). The van der Waals surface area contributed by atoms with Gasteiger partial charge in [-0.15, -0.1) is 0 Å². The first kappa shape index (κ1) is 26.8. The summed E-state index contributed by atoms with van der Waals surface area (Å²) in [5.41, 5.74) is 1.02. The lowest BCUT2D eigenvalue weighted by Gasteiger charge is -2.11. The van der Waals surface area contributed by atoms with E-state index in [1.807, 2.05) is 6.07 Å². The standard InChI is InChI=1S/C24H23FN4O5S2/c1-15(2)14-36(31,32)24-28-23(35-29-24)27-22(30)18(12-26)10-17-6-9-20(21(11-17)33-3)34-13-16-4-7-19(25)8-5-16/h4-11,15H,13-14H2,1-3H3,(H,27,28,29,30). The molecule has 0 radical (unpaired) electrons. The Labute approximate surface area is 212 Å². The number of carbonyl (C=O) groups excluding carboxylic acids is 1. The molecule has 0 spiro atoms. The van der Waals surface area contributed by atoms with E-state index in [2.05, 4.69) is 14.7 Å². The molecule has 0 aliphatic carbocycles. The average molecular weight is 531 g/mol. The first-order valence-electron chi connectivity index (χ1n) is 10.7. The summed E-state index contributed by atoms with van der Waals surface area (Å²) in [6, 6.07) is 12.6. The zero-order valence-electron chi connectivity index (χ0n) is 19.7. The van der Waals surface area contributed by atoms with Crippen LogP contribution in [0.4, 0.5) is 9.52 Å². The van der Waals surface area contributed by atoms with Gasteiger partial charge in [0, 0.05) is 11.5 Å². The lowest BCUT2D eigenvalue weighted by molar-refractivity contribution is -0.112. The van der Waals surface area contributed by atoms with Crippen LogP contribution < -0.4 is 14.8 Å². The van der Waals surface area contributed by atoms with Crippen molar-refractivity contribution in [2.75, 3.05) is 18.2 Å². The third kappa shape index (κ3) is 7.10. The first-order valence-corrected chi connectivity index (χ1v) is 13.1. The average Bonchev–Trinajstić information content (AvgIpc) is 3.31. The number of ether oxygens (including phenoxy) is 2. The van der Waals surface area contributed by atoms with Gasteiger partial charge in [0.25, 0.3) is 11.1 Å². The van der Waals surface area contributed by atoms with E-state index in [1.54, 1.807) is 44.2 Å². The Morgan fingerprint density at radius 1 is 1.22 bits per heavy atom. The van der Waals surface area contributed by atoms with E-state index in [-0.39, 0.29) is 40.0 Å². The number of anilines is 1. The SMILES string of the molecule is COc1cc(C=C(C#N)C(=O)Nc2nc(S(=O)(=O)CC(C)C)ns2)ccc1OCc1ccc(F)cc1. The van der Waals surface area contributed by atoms with Crippen molar-refractivity contribution in [1.82, 2.24) is 9.36 Å². The van der Waals surface area contributed by atoms with E-state index in [0.717, 1.165) is 5.56 Å². The molecule has 0 unspecified atom stereocenters. The summed E-state index contributed by atoms with van der Waals surface area (Å²) in [7, 11) is -2.22. The number of hydrogen-bond acceptors (Lipinski definition) is 9. The van der Waals surface area contributed by atoms with Gasteiger partial charge in [-0.3, -0.25) is 10.1 Å². The number of carbonyl (C=O) groups is 1. The summed E-state index contributed by atoms with van der Waals surface area (Å²) in [6.07, 6.45) is 1.35. The normalized spacial score (nSPS) is 11.7. The molecule has 9 nitrogen and oxygen atoms in total. The van der Waals surface area contributed by atoms with Crippen LogP contribution in [0.25, 0.3) is 6.08 Å². The molecule has 3 aromatic rings. The van der Waals surface area contributed by atoms with Crippen LogP contribution in [0, 0.1) is 23.1 Å². The zero-order chi connectivity index (χ0) is 26.3. The van der Waals surface area contributed by atoms with Gasteiger partial charge < -0.3 is 9.47 Å². The van der Waals surface area contributed by atoms with Crippen molar-refractivity contribution in [3.05, 3.63) is 65.0 Å². The Balaban J connectivity index is 1.72. The highest BCUT2D eigenvalue weighted by molar-refractivity contribution is 7.91. The number of nitriles is 1. The van der Waals surface area contributed by atoms with Crippen molar-refractivity contribution in [2.45, 2.75) is 25.6 Å². The molecule has 0 aliphatic heterocycles. The lowest BCUT2D eigenvalue weighted by atomic mass is 10.1. The van der Waals surface area contributed by atoms with E-state index in [4.69, 9.17) is 9.47 Å². The highest BCUT2D eigenvalue weighted by Crippen LogP contribution is 2.30. The predicted octanol–water partition coefficient (Wildman–Crippen LogP) is 4.24. The third-order valence-corrected chi connectivity index (χ3v) is 7.22. The maximum atomic E-state index is 13.1. The van der Waals surface area contributed by atoms with E-state index >= 15 is 0 Å². The number of benzene rings is 2. The summed E-state index contributed by atoms with van der Waals surface area (Å²) in [4.78, 5) is 16.5. The summed E-state index contributed by atoms with van der Waals surface area (Å²) in [6.45, 7) is 3.71. The van der Waals surface area contributed by atoms with Gasteiger partial charge in [-0.25, -0.2) is 12.8 Å². The van der Waals surface area contributed by atoms with Crippen molar-refractivity contribution in [1.29, 1.82) is 5.26 Å². The number of rotatable bonds is 10. The molecule has 1 heterocycles. The van der Waals surface area contributed by atoms with Crippen LogP contribution in [-0.4, -0.2) is 36.5 Å². The van der Waals surface area contributed by atoms with E-state index < -0.39 is 15.7 Å². The van der Waals surface area contributed by atoms with Crippen molar-refractivity contribution in [3.8, 4) is 17.6 Å². The molecule has 1 aromatic heterocycles. The number of aromatic nitrogens is 2. The third-order valence-electron chi connectivity index (χ3n) is 4.63. The van der Waals surface area contributed by atoms with Crippen LogP contribution in [-0.2, 0) is 21.2 Å². The zero-order valence-corrected chi connectivity index (χ0v) is 21.3. The number of amides is 1. The van der Waals surface area contributed by atoms with Crippen molar-refractivity contribution < 1.29 is 27.1 Å². The number of nitrogens with zero attached hydrogens (tertiary/aromatic N) is 3. The molecule has 0 fully saturated rings. The van der Waals surface area contributed by atoms with Crippen LogP contribution in [0.3, 0.4) is 0 Å². The topological polar surface area (TPSA) is 131 Å². The number of nitrogens with one attached hydrogen (secondary N) is 1. The van der Waals surface area contributed by atoms with Crippen LogP contribution in [0.2, 0.25) is 0 Å². The highest BCUT2D eigenvalue weighted by atomic mass is 32.2. The molecule has 0 saturated heterocycles. The number of sulfone groups is 1. The van der Waals surface area contributed by atoms with Crippen molar-refractivity contribution in [3.63, 3.8) is 0 Å². The van der Waals surface area contributed by atoms with E-state index in [0.29, 0.717) is 28.6 Å². The maximum Gasteiger partial charge on any atom is 0.268 e. The van der Waals surface area contributed by atoms with Crippen molar-refractivity contribution >= 4 is 38.5 Å². The minimum absolute atomic E-state index is 0.0365. The lowest BCUT2D eigenvalue weighted by Crippen LogP contribution is -2.15.